The molecule has 0 aromatic heterocycles. The van der Waals surface area contributed by atoms with Crippen molar-refractivity contribution in [3.8, 4) is 11.8 Å². The Labute approximate surface area is 134 Å². The Balaban J connectivity index is 2.21. The molecule has 0 bridgehead atoms. The van der Waals surface area contributed by atoms with E-state index in [0.29, 0.717) is 15.7 Å². The fourth-order valence-electron chi connectivity index (χ4n) is 1.66. The molecular formula is C16H10BrFN2O2. The Morgan fingerprint density at radius 2 is 1.95 bits per heavy atom. The average Bonchev–Trinajstić information content (AvgIpc) is 2.50. The van der Waals surface area contributed by atoms with Crippen LogP contribution in [-0.2, 0) is 4.79 Å². The SMILES string of the molecule is N#C/C(=C\c1ccc(O)c(Br)c1)C(=O)Nc1ccc(F)cc1. The lowest BCUT2D eigenvalue weighted by Gasteiger charge is -2.04. The summed E-state index contributed by atoms with van der Waals surface area (Å²) in [6, 6.07) is 11.6. The van der Waals surface area contributed by atoms with E-state index in [-0.39, 0.29) is 11.3 Å². The number of halogens is 2. The van der Waals surface area contributed by atoms with Crippen molar-refractivity contribution in [1.29, 1.82) is 5.26 Å². The predicted octanol–water partition coefficient (Wildman–Crippen LogP) is 3.84. The fourth-order valence-corrected chi connectivity index (χ4v) is 2.06. The molecule has 1 amide bonds. The minimum Gasteiger partial charge on any atom is -0.507 e. The number of nitrogens with one attached hydrogen (secondary N) is 1. The number of rotatable bonds is 3. The van der Waals surface area contributed by atoms with Gasteiger partial charge in [0, 0.05) is 5.69 Å². The van der Waals surface area contributed by atoms with Crippen LogP contribution in [0.3, 0.4) is 0 Å². The van der Waals surface area contributed by atoms with Gasteiger partial charge in [-0.05, 0) is 64.0 Å². The Morgan fingerprint density at radius 3 is 2.55 bits per heavy atom. The molecule has 0 unspecified atom stereocenters. The number of phenolic OH excluding ortho intramolecular Hbond substituents is 1. The van der Waals surface area contributed by atoms with E-state index in [2.05, 4.69) is 21.2 Å². The molecule has 2 aromatic rings. The molecule has 6 heteroatoms. The minimum atomic E-state index is -0.599. The molecule has 0 radical (unpaired) electrons. The summed E-state index contributed by atoms with van der Waals surface area (Å²) in [5.41, 5.74) is 0.858. The summed E-state index contributed by atoms with van der Waals surface area (Å²) < 4.78 is 13.3. The van der Waals surface area contributed by atoms with Gasteiger partial charge in [0.1, 0.15) is 23.2 Å². The summed E-state index contributed by atoms with van der Waals surface area (Å²) in [4.78, 5) is 12.0. The van der Waals surface area contributed by atoms with Crippen LogP contribution in [0.25, 0.3) is 6.08 Å². The number of carbonyl (C=O) groups is 1. The number of carbonyl (C=O) groups excluding carboxylic acids is 1. The maximum absolute atomic E-state index is 12.8. The third kappa shape index (κ3) is 3.93. The highest BCUT2D eigenvalue weighted by molar-refractivity contribution is 9.10. The zero-order valence-corrected chi connectivity index (χ0v) is 12.8. The number of phenols is 1. The van der Waals surface area contributed by atoms with Gasteiger partial charge in [-0.1, -0.05) is 6.07 Å². The third-order valence-electron chi connectivity index (χ3n) is 2.75. The van der Waals surface area contributed by atoms with Crippen molar-refractivity contribution in [2.24, 2.45) is 0 Å². The number of aromatic hydroxyl groups is 1. The number of hydrogen-bond acceptors (Lipinski definition) is 3. The van der Waals surface area contributed by atoms with Crippen LogP contribution in [0.4, 0.5) is 10.1 Å². The molecule has 4 nitrogen and oxygen atoms in total. The van der Waals surface area contributed by atoms with Gasteiger partial charge in [-0.25, -0.2) is 4.39 Å². The average molecular weight is 361 g/mol. The Hall–Kier alpha value is -2.65. The Morgan fingerprint density at radius 1 is 1.27 bits per heavy atom. The van der Waals surface area contributed by atoms with Crippen molar-refractivity contribution in [3.05, 3.63) is 63.9 Å². The maximum atomic E-state index is 12.8. The van der Waals surface area contributed by atoms with Gasteiger partial charge in [0.15, 0.2) is 0 Å². The van der Waals surface area contributed by atoms with Crippen LogP contribution in [0, 0.1) is 17.1 Å². The molecule has 0 spiro atoms. The van der Waals surface area contributed by atoms with Crippen molar-refractivity contribution >= 4 is 33.6 Å². The van der Waals surface area contributed by atoms with Crippen LogP contribution >= 0.6 is 15.9 Å². The van der Waals surface area contributed by atoms with Crippen LogP contribution in [0.5, 0.6) is 5.75 Å². The van der Waals surface area contributed by atoms with Crippen LogP contribution in [0.15, 0.2) is 52.5 Å². The first kappa shape index (κ1) is 15.7. The lowest BCUT2D eigenvalue weighted by Crippen LogP contribution is -2.13. The highest BCUT2D eigenvalue weighted by Gasteiger charge is 2.10. The van der Waals surface area contributed by atoms with Crippen molar-refractivity contribution in [2.75, 3.05) is 5.32 Å². The van der Waals surface area contributed by atoms with Crippen molar-refractivity contribution < 1.29 is 14.3 Å². The molecule has 0 saturated heterocycles. The minimum absolute atomic E-state index is 0.0615. The molecule has 110 valence electrons. The normalized spacial score (nSPS) is 10.9. The Kier molecular flexibility index (Phi) is 4.92. The van der Waals surface area contributed by atoms with Gasteiger partial charge < -0.3 is 10.4 Å². The van der Waals surface area contributed by atoms with Gasteiger partial charge >= 0.3 is 0 Å². The second-order valence-corrected chi connectivity index (χ2v) is 5.20. The second-order valence-electron chi connectivity index (χ2n) is 4.34. The number of hydrogen-bond donors (Lipinski definition) is 2. The first-order chi connectivity index (χ1) is 10.5. The van der Waals surface area contributed by atoms with Crippen molar-refractivity contribution in [2.45, 2.75) is 0 Å². The predicted molar refractivity (Wildman–Crippen MR) is 84.4 cm³/mol. The quantitative estimate of drug-likeness (QED) is 0.645. The molecule has 2 rings (SSSR count). The first-order valence-corrected chi connectivity index (χ1v) is 6.96. The highest BCUT2D eigenvalue weighted by Crippen LogP contribution is 2.25. The molecule has 0 aliphatic heterocycles. The summed E-state index contributed by atoms with van der Waals surface area (Å²) in [6.07, 6.45) is 1.39. The molecular weight excluding hydrogens is 351 g/mol. The van der Waals surface area contributed by atoms with Crippen LogP contribution in [0.1, 0.15) is 5.56 Å². The van der Waals surface area contributed by atoms with Gasteiger partial charge in [0.05, 0.1) is 4.47 Å². The molecule has 0 atom stereocenters. The summed E-state index contributed by atoms with van der Waals surface area (Å²) in [5.74, 6) is -0.951. The molecule has 0 fully saturated rings. The second kappa shape index (κ2) is 6.87. The maximum Gasteiger partial charge on any atom is 0.266 e. The van der Waals surface area contributed by atoms with Crippen LogP contribution < -0.4 is 5.32 Å². The van der Waals surface area contributed by atoms with Gasteiger partial charge in [0.25, 0.3) is 5.91 Å². The topological polar surface area (TPSA) is 73.1 Å². The number of benzene rings is 2. The summed E-state index contributed by atoms with van der Waals surface area (Å²) in [7, 11) is 0. The van der Waals surface area contributed by atoms with Crippen LogP contribution in [-0.4, -0.2) is 11.0 Å². The van der Waals surface area contributed by atoms with Crippen LogP contribution in [0.2, 0.25) is 0 Å². The largest absolute Gasteiger partial charge is 0.507 e. The van der Waals surface area contributed by atoms with E-state index in [9.17, 15) is 14.3 Å². The summed E-state index contributed by atoms with van der Waals surface area (Å²) in [5, 5.41) is 21.0. The number of nitriles is 1. The number of anilines is 1. The smallest absolute Gasteiger partial charge is 0.266 e. The molecule has 2 N–H and O–H groups in total. The fraction of sp³-hybridized carbons (Fsp3) is 0. The molecule has 22 heavy (non-hydrogen) atoms. The van der Waals surface area contributed by atoms with E-state index in [1.54, 1.807) is 12.1 Å². The molecule has 0 saturated carbocycles. The zero-order valence-electron chi connectivity index (χ0n) is 11.2. The lowest BCUT2D eigenvalue weighted by atomic mass is 10.1. The van der Waals surface area contributed by atoms with Crippen molar-refractivity contribution in [1.82, 2.24) is 0 Å². The molecule has 0 aliphatic carbocycles. The zero-order chi connectivity index (χ0) is 16.1. The summed E-state index contributed by atoms with van der Waals surface area (Å²) in [6.45, 7) is 0. The summed E-state index contributed by atoms with van der Waals surface area (Å²) >= 11 is 3.16. The van der Waals surface area contributed by atoms with E-state index < -0.39 is 11.7 Å². The number of nitrogens with zero attached hydrogens (tertiary/aromatic N) is 1. The van der Waals surface area contributed by atoms with Crippen molar-refractivity contribution in [3.63, 3.8) is 0 Å². The molecule has 0 heterocycles. The van der Waals surface area contributed by atoms with E-state index in [1.807, 2.05) is 6.07 Å². The third-order valence-corrected chi connectivity index (χ3v) is 3.39. The molecule has 2 aromatic carbocycles. The van der Waals surface area contributed by atoms with E-state index >= 15 is 0 Å². The van der Waals surface area contributed by atoms with Gasteiger partial charge in [-0.3, -0.25) is 4.79 Å². The molecule has 0 aliphatic rings. The lowest BCUT2D eigenvalue weighted by molar-refractivity contribution is -0.112. The van der Waals surface area contributed by atoms with E-state index in [0.717, 1.165) is 0 Å². The monoisotopic (exact) mass is 360 g/mol. The Bertz CT molecular complexity index is 780. The van der Waals surface area contributed by atoms with E-state index in [1.165, 1.54) is 36.4 Å². The highest BCUT2D eigenvalue weighted by atomic mass is 79.9. The standard InChI is InChI=1S/C16H10BrFN2O2/c17-14-8-10(1-6-15(14)21)7-11(9-19)16(22)20-13-4-2-12(18)3-5-13/h1-8,21H,(H,20,22)/b11-7+. The van der Waals surface area contributed by atoms with E-state index in [4.69, 9.17) is 5.26 Å². The van der Waals surface area contributed by atoms with Gasteiger partial charge in [-0.2, -0.15) is 5.26 Å². The van der Waals surface area contributed by atoms with Gasteiger partial charge in [-0.15, -0.1) is 0 Å². The number of amides is 1. The van der Waals surface area contributed by atoms with Gasteiger partial charge in [0.2, 0.25) is 0 Å². The first-order valence-electron chi connectivity index (χ1n) is 6.17.